The van der Waals surface area contributed by atoms with E-state index in [1.165, 1.54) is 32.3 Å². The third kappa shape index (κ3) is 5.14. The van der Waals surface area contributed by atoms with Crippen molar-refractivity contribution in [2.24, 2.45) is 0 Å². The fourth-order valence-corrected chi connectivity index (χ4v) is 3.10. The van der Waals surface area contributed by atoms with Gasteiger partial charge in [-0.15, -0.1) is 0 Å². The smallest absolute Gasteiger partial charge is 0.268 e. The highest BCUT2D eigenvalue weighted by molar-refractivity contribution is 6.11. The summed E-state index contributed by atoms with van der Waals surface area (Å²) in [7, 11) is 4.56. The molecule has 3 rings (SSSR count). The highest BCUT2D eigenvalue weighted by Gasteiger charge is 2.25. The minimum atomic E-state index is -0.411. The van der Waals surface area contributed by atoms with E-state index in [9.17, 15) is 9.59 Å². The molecule has 6 nitrogen and oxygen atoms in total. The molecule has 2 aromatic rings. The molecular formula is C25H23NO5. The van der Waals surface area contributed by atoms with Gasteiger partial charge in [-0.2, -0.15) is 0 Å². The van der Waals surface area contributed by atoms with E-state index in [-0.39, 0.29) is 0 Å². The third-order valence-electron chi connectivity index (χ3n) is 4.66. The van der Waals surface area contributed by atoms with Crippen molar-refractivity contribution in [1.29, 1.82) is 0 Å². The number of methoxy groups -OCH3 is 3. The molecule has 1 aliphatic heterocycles. The van der Waals surface area contributed by atoms with Crippen LogP contribution in [-0.2, 0) is 9.59 Å². The minimum Gasteiger partial charge on any atom is -0.493 e. The average molecular weight is 417 g/mol. The van der Waals surface area contributed by atoms with E-state index >= 15 is 0 Å². The fourth-order valence-electron chi connectivity index (χ4n) is 3.10. The van der Waals surface area contributed by atoms with Gasteiger partial charge in [-0.05, 0) is 42.3 Å². The lowest BCUT2D eigenvalue weighted by Crippen LogP contribution is -2.39. The molecule has 1 heterocycles. The molecule has 0 saturated heterocycles. The van der Waals surface area contributed by atoms with Gasteiger partial charge in [-0.3, -0.25) is 14.5 Å². The van der Waals surface area contributed by atoms with E-state index < -0.39 is 11.8 Å². The van der Waals surface area contributed by atoms with Gasteiger partial charge in [-0.25, -0.2) is 0 Å². The van der Waals surface area contributed by atoms with Gasteiger partial charge in [-0.1, -0.05) is 36.1 Å². The maximum atomic E-state index is 12.7. The summed E-state index contributed by atoms with van der Waals surface area (Å²) in [5.41, 5.74) is 1.80. The van der Waals surface area contributed by atoms with Crippen LogP contribution in [0.25, 0.3) is 6.08 Å². The largest absolute Gasteiger partial charge is 0.493 e. The molecule has 0 radical (unpaired) electrons. The van der Waals surface area contributed by atoms with E-state index in [4.69, 9.17) is 14.2 Å². The monoisotopic (exact) mass is 417 g/mol. The van der Waals surface area contributed by atoms with Gasteiger partial charge in [0.2, 0.25) is 5.75 Å². The normalized spacial score (nSPS) is 13.3. The van der Waals surface area contributed by atoms with Gasteiger partial charge in [0.15, 0.2) is 11.5 Å². The van der Waals surface area contributed by atoms with Gasteiger partial charge >= 0.3 is 0 Å². The van der Waals surface area contributed by atoms with E-state index in [2.05, 4.69) is 11.8 Å². The Bertz CT molecular complexity index is 1060. The molecular weight excluding hydrogens is 394 g/mol. The second-order valence-electron chi connectivity index (χ2n) is 6.61. The zero-order chi connectivity index (χ0) is 22.2. The number of hydrogen-bond acceptors (Lipinski definition) is 5. The Kier molecular flexibility index (Phi) is 7.13. The molecule has 1 aliphatic rings. The maximum absolute atomic E-state index is 12.7. The van der Waals surface area contributed by atoms with E-state index in [0.717, 1.165) is 5.56 Å². The summed E-state index contributed by atoms with van der Waals surface area (Å²) < 4.78 is 16.0. The Morgan fingerprint density at radius 3 is 2.29 bits per heavy atom. The van der Waals surface area contributed by atoms with Crippen molar-refractivity contribution < 1.29 is 23.8 Å². The summed E-state index contributed by atoms with van der Waals surface area (Å²) in [6.07, 6.45) is 5.29. The van der Waals surface area contributed by atoms with Crippen LogP contribution < -0.4 is 14.2 Å². The highest BCUT2D eigenvalue weighted by atomic mass is 16.5. The predicted molar refractivity (Wildman–Crippen MR) is 118 cm³/mol. The Morgan fingerprint density at radius 2 is 1.68 bits per heavy atom. The lowest BCUT2D eigenvalue weighted by atomic mass is 10.1. The zero-order valence-electron chi connectivity index (χ0n) is 17.7. The second-order valence-corrected chi connectivity index (χ2v) is 6.61. The Morgan fingerprint density at radius 1 is 1.00 bits per heavy atom. The summed E-state index contributed by atoms with van der Waals surface area (Å²) in [6.45, 7) is 0.313. The molecule has 0 N–H and O–H groups in total. The van der Waals surface area contributed by atoms with Crippen LogP contribution in [0.3, 0.4) is 0 Å². The van der Waals surface area contributed by atoms with Gasteiger partial charge in [0.1, 0.15) is 0 Å². The Labute approximate surface area is 181 Å². The molecule has 31 heavy (non-hydrogen) atoms. The van der Waals surface area contributed by atoms with Crippen molar-refractivity contribution in [3.63, 3.8) is 0 Å². The summed E-state index contributed by atoms with van der Waals surface area (Å²) in [6, 6.07) is 12.8. The second kappa shape index (κ2) is 10.2. The fraction of sp³-hybridized carbons (Fsp3) is 0.200. The predicted octanol–water partition coefficient (Wildman–Crippen LogP) is 3.46. The van der Waals surface area contributed by atoms with Crippen molar-refractivity contribution >= 4 is 17.9 Å². The summed E-state index contributed by atoms with van der Waals surface area (Å²) in [5, 5.41) is 0. The molecule has 0 fully saturated rings. The van der Waals surface area contributed by atoms with Crippen LogP contribution >= 0.6 is 0 Å². The number of rotatable bonds is 5. The minimum absolute atomic E-state index is 0.313. The number of benzene rings is 2. The van der Waals surface area contributed by atoms with Crippen LogP contribution in [0.4, 0.5) is 0 Å². The number of amides is 2. The average Bonchev–Trinajstić information content (AvgIpc) is 2.81. The van der Waals surface area contributed by atoms with Crippen molar-refractivity contribution in [3.05, 3.63) is 71.3 Å². The van der Waals surface area contributed by atoms with Gasteiger partial charge in [0.05, 0.1) is 26.9 Å². The molecule has 2 aromatic carbocycles. The lowest BCUT2D eigenvalue weighted by Gasteiger charge is -2.22. The van der Waals surface area contributed by atoms with Crippen molar-refractivity contribution in [2.45, 2.75) is 6.42 Å². The van der Waals surface area contributed by atoms with Gasteiger partial charge < -0.3 is 14.2 Å². The third-order valence-corrected chi connectivity index (χ3v) is 4.66. The zero-order valence-corrected chi connectivity index (χ0v) is 17.7. The molecule has 6 heteroatoms. The van der Waals surface area contributed by atoms with Crippen molar-refractivity contribution in [1.82, 2.24) is 4.90 Å². The van der Waals surface area contributed by atoms with Crippen LogP contribution in [0.15, 0.2) is 60.2 Å². The molecule has 0 atom stereocenters. The molecule has 0 spiro atoms. The van der Waals surface area contributed by atoms with Crippen molar-refractivity contribution in [2.75, 3.05) is 27.9 Å². The SMILES string of the molecule is COc1cc(/C=C/C(=O)N2CCC=C(C#Cc3ccccc3)C2=O)cc(OC)c1OC. The molecule has 0 saturated carbocycles. The first-order valence-corrected chi connectivity index (χ1v) is 9.68. The van der Waals surface area contributed by atoms with Crippen LogP contribution in [0, 0.1) is 11.8 Å². The molecule has 2 amide bonds. The topological polar surface area (TPSA) is 65.1 Å². The number of carbonyl (C=O) groups is 2. The molecule has 0 aromatic heterocycles. The van der Waals surface area contributed by atoms with E-state index in [0.29, 0.717) is 41.4 Å². The highest BCUT2D eigenvalue weighted by Crippen LogP contribution is 2.38. The van der Waals surface area contributed by atoms with Crippen LogP contribution in [-0.4, -0.2) is 44.6 Å². The molecule has 0 unspecified atom stereocenters. The van der Waals surface area contributed by atoms with Gasteiger partial charge in [0, 0.05) is 18.2 Å². The first-order valence-electron chi connectivity index (χ1n) is 9.68. The summed E-state index contributed by atoms with van der Waals surface area (Å²) >= 11 is 0. The number of carbonyl (C=O) groups excluding carboxylic acids is 2. The number of ether oxygens (including phenoxy) is 3. The first-order chi connectivity index (χ1) is 15.1. The van der Waals surface area contributed by atoms with E-state index in [1.54, 1.807) is 24.3 Å². The number of hydrogen-bond donors (Lipinski definition) is 0. The van der Waals surface area contributed by atoms with Crippen LogP contribution in [0.2, 0.25) is 0 Å². The van der Waals surface area contributed by atoms with Crippen LogP contribution in [0.1, 0.15) is 17.5 Å². The Balaban J connectivity index is 1.76. The summed E-state index contributed by atoms with van der Waals surface area (Å²) in [5.74, 6) is 6.46. The van der Waals surface area contributed by atoms with Crippen molar-refractivity contribution in [3.8, 4) is 29.1 Å². The first kappa shape index (κ1) is 21.7. The lowest BCUT2D eigenvalue weighted by molar-refractivity contribution is -0.139. The maximum Gasteiger partial charge on any atom is 0.268 e. The molecule has 0 bridgehead atoms. The Hall–Kier alpha value is -3.98. The van der Waals surface area contributed by atoms with E-state index in [1.807, 2.05) is 30.3 Å². The number of imide groups is 1. The summed E-state index contributed by atoms with van der Waals surface area (Å²) in [4.78, 5) is 26.6. The standard InChI is InChI=1S/C25H23NO5/c1-29-21-16-19(17-22(30-2)24(21)31-3)12-14-23(27)26-15-7-10-20(25(26)28)13-11-18-8-5-4-6-9-18/h4-6,8-10,12,14,16-17H,7,15H2,1-3H3/b14-12+. The number of nitrogens with zero attached hydrogens (tertiary/aromatic N) is 1. The molecule has 158 valence electrons. The quantitative estimate of drug-likeness (QED) is 0.551. The van der Waals surface area contributed by atoms with Gasteiger partial charge in [0.25, 0.3) is 11.8 Å². The molecule has 0 aliphatic carbocycles. The van der Waals surface area contributed by atoms with Crippen LogP contribution in [0.5, 0.6) is 17.2 Å².